The molecule has 0 amide bonds. The molecule has 0 bridgehead atoms. The van der Waals surface area contributed by atoms with E-state index >= 15 is 0 Å². The molecule has 1 aliphatic carbocycles. The average Bonchev–Trinajstić information content (AvgIpc) is 2.96. The van der Waals surface area contributed by atoms with Crippen LogP contribution in [0.2, 0.25) is 0 Å². The quantitative estimate of drug-likeness (QED) is 0.744. The minimum absolute atomic E-state index is 0.704. The monoisotopic (exact) mass is 206 g/mol. The van der Waals surface area contributed by atoms with Crippen molar-refractivity contribution < 1.29 is 0 Å². The van der Waals surface area contributed by atoms with E-state index in [1.54, 1.807) is 0 Å². The molecule has 0 N–H and O–H groups in total. The number of hydrogen-bond donors (Lipinski definition) is 0. The minimum atomic E-state index is 0.704. The summed E-state index contributed by atoms with van der Waals surface area (Å²) in [7, 11) is 0. The van der Waals surface area contributed by atoms with Gasteiger partial charge in [-0.3, -0.25) is 4.98 Å². The summed E-state index contributed by atoms with van der Waals surface area (Å²) in [5.74, 6) is 1.61. The maximum Gasteiger partial charge on any atom is 0.118 e. The molecule has 1 fully saturated rings. The van der Waals surface area contributed by atoms with Gasteiger partial charge in [0.05, 0.1) is 5.69 Å². The lowest BCUT2D eigenvalue weighted by Gasteiger charge is -2.21. The van der Waals surface area contributed by atoms with Gasteiger partial charge in [-0.2, -0.15) is 0 Å². The van der Waals surface area contributed by atoms with Gasteiger partial charge in [0.2, 0.25) is 0 Å². The van der Waals surface area contributed by atoms with Crippen molar-refractivity contribution in [3.8, 4) is 0 Å². The van der Waals surface area contributed by atoms with Crippen molar-refractivity contribution >= 4 is 11.8 Å². The van der Waals surface area contributed by atoms with Gasteiger partial charge in [-0.15, -0.1) is 11.8 Å². The van der Waals surface area contributed by atoms with Crippen LogP contribution in [0.15, 0.2) is 17.4 Å². The maximum absolute atomic E-state index is 4.51. The van der Waals surface area contributed by atoms with Crippen LogP contribution in [-0.4, -0.2) is 15.2 Å². The molecule has 2 aliphatic rings. The first-order valence-electron chi connectivity index (χ1n) is 5.37. The summed E-state index contributed by atoms with van der Waals surface area (Å²) >= 11 is 1.94. The van der Waals surface area contributed by atoms with Crippen LogP contribution in [0.5, 0.6) is 0 Å². The third-order valence-corrected chi connectivity index (χ3v) is 4.58. The summed E-state index contributed by atoms with van der Waals surface area (Å²) in [5.41, 5.74) is 1.28. The smallest absolute Gasteiger partial charge is 0.118 e. The molecule has 0 saturated heterocycles. The summed E-state index contributed by atoms with van der Waals surface area (Å²) in [5, 5.41) is 2.06. The van der Waals surface area contributed by atoms with Crippen LogP contribution in [0.1, 0.15) is 37.8 Å². The normalized spacial score (nSPS) is 33.4. The van der Waals surface area contributed by atoms with Crippen molar-refractivity contribution in [2.75, 3.05) is 0 Å². The van der Waals surface area contributed by atoms with Gasteiger partial charge in [0, 0.05) is 23.6 Å². The van der Waals surface area contributed by atoms with Crippen molar-refractivity contribution in [1.82, 2.24) is 9.97 Å². The van der Waals surface area contributed by atoms with Crippen LogP contribution in [0.25, 0.3) is 0 Å². The SMILES string of the molecule is CCCC1c2nccnc2S[C@H]2CC12. The van der Waals surface area contributed by atoms with Crippen molar-refractivity contribution in [2.45, 2.75) is 42.4 Å². The van der Waals surface area contributed by atoms with Gasteiger partial charge in [0.1, 0.15) is 5.03 Å². The lowest BCUT2D eigenvalue weighted by atomic mass is 9.94. The maximum atomic E-state index is 4.51. The Morgan fingerprint density at radius 3 is 3.14 bits per heavy atom. The second kappa shape index (κ2) is 3.23. The lowest BCUT2D eigenvalue weighted by Crippen LogP contribution is -2.12. The Morgan fingerprint density at radius 2 is 2.29 bits per heavy atom. The highest BCUT2D eigenvalue weighted by atomic mass is 32.2. The van der Waals surface area contributed by atoms with Gasteiger partial charge in [0.25, 0.3) is 0 Å². The standard InChI is InChI=1S/C11H14N2S/c1-2-3-7-8-6-9(8)14-11-10(7)12-4-5-13-11/h4-5,7-9H,2-3,6H2,1H3/t7?,8?,9-/m0/s1. The number of fused-ring (bicyclic) bond motifs is 2. The van der Waals surface area contributed by atoms with E-state index in [1.165, 1.54) is 30.0 Å². The highest BCUT2D eigenvalue weighted by Gasteiger charge is 2.49. The van der Waals surface area contributed by atoms with Gasteiger partial charge in [0.15, 0.2) is 0 Å². The first-order valence-corrected chi connectivity index (χ1v) is 6.25. The van der Waals surface area contributed by atoms with E-state index in [9.17, 15) is 0 Å². The molecule has 2 heterocycles. The lowest BCUT2D eigenvalue weighted by molar-refractivity contribution is 0.518. The number of rotatable bonds is 2. The van der Waals surface area contributed by atoms with Crippen molar-refractivity contribution in [1.29, 1.82) is 0 Å². The Labute approximate surface area is 88.5 Å². The highest BCUT2D eigenvalue weighted by molar-refractivity contribution is 8.00. The van der Waals surface area contributed by atoms with Crippen LogP contribution in [0, 0.1) is 5.92 Å². The van der Waals surface area contributed by atoms with Crippen LogP contribution in [0.3, 0.4) is 0 Å². The Bertz CT molecular complexity index is 353. The fraction of sp³-hybridized carbons (Fsp3) is 0.636. The third kappa shape index (κ3) is 1.26. The van der Waals surface area contributed by atoms with Crippen molar-refractivity contribution in [3.05, 3.63) is 18.1 Å². The number of hydrogen-bond acceptors (Lipinski definition) is 3. The Kier molecular flexibility index (Phi) is 2.01. The summed E-state index contributed by atoms with van der Waals surface area (Å²) in [6.45, 7) is 2.26. The molecule has 3 atom stereocenters. The molecule has 1 saturated carbocycles. The van der Waals surface area contributed by atoms with Gasteiger partial charge < -0.3 is 0 Å². The van der Waals surface area contributed by atoms with Gasteiger partial charge >= 0.3 is 0 Å². The molecule has 74 valence electrons. The molecule has 3 rings (SSSR count). The minimum Gasteiger partial charge on any atom is -0.257 e. The molecule has 1 aromatic heterocycles. The van der Waals surface area contributed by atoms with Crippen LogP contribution >= 0.6 is 11.8 Å². The fourth-order valence-corrected chi connectivity index (χ4v) is 3.85. The van der Waals surface area contributed by atoms with E-state index < -0.39 is 0 Å². The van der Waals surface area contributed by atoms with Gasteiger partial charge in [-0.25, -0.2) is 4.98 Å². The number of aromatic nitrogens is 2. The van der Waals surface area contributed by atoms with Crippen molar-refractivity contribution in [3.63, 3.8) is 0 Å². The van der Waals surface area contributed by atoms with Crippen LogP contribution < -0.4 is 0 Å². The molecule has 1 aromatic rings. The van der Waals surface area contributed by atoms with E-state index in [4.69, 9.17) is 0 Å². The molecule has 2 nitrogen and oxygen atoms in total. The fourth-order valence-electron chi connectivity index (χ4n) is 2.44. The zero-order chi connectivity index (χ0) is 9.54. The zero-order valence-corrected chi connectivity index (χ0v) is 9.13. The van der Waals surface area contributed by atoms with E-state index in [0.29, 0.717) is 5.92 Å². The zero-order valence-electron chi connectivity index (χ0n) is 8.31. The molecular weight excluding hydrogens is 192 g/mol. The topological polar surface area (TPSA) is 25.8 Å². The molecule has 1 aliphatic heterocycles. The first-order chi connectivity index (χ1) is 6.90. The second-order valence-electron chi connectivity index (χ2n) is 4.20. The van der Waals surface area contributed by atoms with E-state index in [1.807, 2.05) is 24.2 Å². The summed E-state index contributed by atoms with van der Waals surface area (Å²) < 4.78 is 0. The second-order valence-corrected chi connectivity index (χ2v) is 5.43. The summed E-state index contributed by atoms with van der Waals surface area (Å²) in [6, 6.07) is 0. The molecule has 0 aromatic carbocycles. The Morgan fingerprint density at radius 1 is 1.43 bits per heavy atom. The molecule has 0 radical (unpaired) electrons. The molecule has 0 spiro atoms. The molecule has 14 heavy (non-hydrogen) atoms. The predicted octanol–water partition coefficient (Wildman–Crippen LogP) is 2.85. The predicted molar refractivity (Wildman–Crippen MR) is 57.4 cm³/mol. The Balaban J connectivity index is 1.98. The first kappa shape index (κ1) is 8.72. The van der Waals surface area contributed by atoms with E-state index in [2.05, 4.69) is 16.9 Å². The number of nitrogens with zero attached hydrogens (tertiary/aromatic N) is 2. The van der Waals surface area contributed by atoms with Gasteiger partial charge in [-0.05, 0) is 18.8 Å². The van der Waals surface area contributed by atoms with Crippen molar-refractivity contribution in [2.24, 2.45) is 5.92 Å². The Hall–Kier alpha value is -0.570. The van der Waals surface area contributed by atoms with Gasteiger partial charge in [-0.1, -0.05) is 13.3 Å². The molecule has 3 heteroatoms. The largest absolute Gasteiger partial charge is 0.257 e. The van der Waals surface area contributed by atoms with E-state index in [-0.39, 0.29) is 0 Å². The number of thioether (sulfide) groups is 1. The van der Waals surface area contributed by atoms with Crippen LogP contribution in [-0.2, 0) is 0 Å². The molecule has 2 unspecified atom stereocenters. The van der Waals surface area contributed by atoms with E-state index in [0.717, 1.165) is 11.2 Å². The summed E-state index contributed by atoms with van der Waals surface area (Å²) in [6.07, 6.45) is 7.58. The molecular formula is C11H14N2S. The highest BCUT2D eigenvalue weighted by Crippen LogP contribution is 2.58. The summed E-state index contributed by atoms with van der Waals surface area (Å²) in [4.78, 5) is 8.94. The average molecular weight is 206 g/mol. The third-order valence-electron chi connectivity index (χ3n) is 3.20. The van der Waals surface area contributed by atoms with Crippen LogP contribution in [0.4, 0.5) is 0 Å².